The van der Waals surface area contributed by atoms with Crippen LogP contribution in [0.5, 0.6) is 5.88 Å². The molecule has 2 aromatic heterocycles. The van der Waals surface area contributed by atoms with E-state index >= 15 is 0 Å². The molecule has 0 aliphatic carbocycles. The zero-order chi connectivity index (χ0) is 14.5. The molecule has 0 atom stereocenters. The van der Waals surface area contributed by atoms with Gasteiger partial charge in [0.25, 0.3) is 0 Å². The predicted octanol–water partition coefficient (Wildman–Crippen LogP) is 3.01. The van der Waals surface area contributed by atoms with Gasteiger partial charge in [-0.3, -0.25) is 0 Å². The minimum absolute atomic E-state index is 0.473. The molecule has 20 heavy (non-hydrogen) atoms. The number of aromatic nitrogens is 3. The first kappa shape index (κ1) is 14.6. The van der Waals surface area contributed by atoms with E-state index in [0.29, 0.717) is 23.3 Å². The van der Waals surface area contributed by atoms with Crippen LogP contribution in [-0.2, 0) is 0 Å². The number of nitrogens with zero attached hydrogens (tertiary/aromatic N) is 3. The largest absolute Gasteiger partial charge is 0.476 e. The number of hydrogen-bond acceptors (Lipinski definition) is 6. The molecule has 0 fully saturated rings. The molecule has 2 aromatic rings. The van der Waals surface area contributed by atoms with Gasteiger partial charge in [-0.25, -0.2) is 15.0 Å². The highest BCUT2D eigenvalue weighted by molar-refractivity contribution is 7.99. The summed E-state index contributed by atoms with van der Waals surface area (Å²) in [5, 5.41) is 1.46. The first-order chi connectivity index (χ1) is 9.58. The monoisotopic (exact) mass is 290 g/mol. The highest BCUT2D eigenvalue weighted by Gasteiger charge is 2.08. The summed E-state index contributed by atoms with van der Waals surface area (Å²) in [5.41, 5.74) is 8.27. The molecule has 5 nitrogen and oxygen atoms in total. The van der Waals surface area contributed by atoms with Crippen molar-refractivity contribution in [2.45, 2.75) is 37.4 Å². The highest BCUT2D eigenvalue weighted by Crippen LogP contribution is 2.28. The molecule has 2 rings (SSSR count). The molecule has 0 aliphatic rings. The van der Waals surface area contributed by atoms with Gasteiger partial charge in [0.1, 0.15) is 5.03 Å². The third-order valence-electron chi connectivity index (χ3n) is 2.46. The van der Waals surface area contributed by atoms with E-state index in [-0.39, 0.29) is 0 Å². The molecule has 0 aromatic carbocycles. The maximum atomic E-state index is 5.84. The second kappa shape index (κ2) is 6.56. The van der Waals surface area contributed by atoms with Crippen molar-refractivity contribution >= 4 is 17.4 Å². The Balaban J connectivity index is 2.20. The Bertz CT molecular complexity index is 583. The number of rotatable bonds is 5. The van der Waals surface area contributed by atoms with E-state index in [0.717, 1.165) is 22.8 Å². The van der Waals surface area contributed by atoms with Crippen molar-refractivity contribution in [3.63, 3.8) is 0 Å². The Morgan fingerprint density at radius 3 is 2.50 bits per heavy atom. The van der Waals surface area contributed by atoms with Gasteiger partial charge in [-0.1, -0.05) is 6.92 Å². The van der Waals surface area contributed by atoms with Gasteiger partial charge in [0.2, 0.25) is 5.88 Å². The van der Waals surface area contributed by atoms with Gasteiger partial charge >= 0.3 is 0 Å². The van der Waals surface area contributed by atoms with Crippen molar-refractivity contribution in [2.75, 3.05) is 12.3 Å². The summed E-state index contributed by atoms with van der Waals surface area (Å²) in [6, 6.07) is 5.58. The Hall–Kier alpha value is -1.82. The molecule has 2 heterocycles. The minimum atomic E-state index is 0.473. The molecular weight excluding hydrogens is 272 g/mol. The van der Waals surface area contributed by atoms with Crippen LogP contribution in [0, 0.1) is 13.8 Å². The highest BCUT2D eigenvalue weighted by atomic mass is 32.2. The van der Waals surface area contributed by atoms with Crippen molar-refractivity contribution in [3.05, 3.63) is 29.6 Å². The average Bonchev–Trinajstić information content (AvgIpc) is 2.38. The number of nitrogen functional groups attached to an aromatic ring is 1. The maximum absolute atomic E-state index is 5.84. The second-order valence-corrected chi connectivity index (χ2v) is 5.42. The fourth-order valence-corrected chi connectivity index (χ4v) is 2.47. The molecule has 2 N–H and O–H groups in total. The van der Waals surface area contributed by atoms with Gasteiger partial charge in [0, 0.05) is 11.4 Å². The summed E-state index contributed by atoms with van der Waals surface area (Å²) in [7, 11) is 0. The molecule has 0 amide bonds. The van der Waals surface area contributed by atoms with E-state index in [1.807, 2.05) is 32.9 Å². The Morgan fingerprint density at radius 2 is 1.85 bits per heavy atom. The van der Waals surface area contributed by atoms with Crippen LogP contribution >= 0.6 is 11.8 Å². The number of pyridine rings is 1. The lowest BCUT2D eigenvalue weighted by Crippen LogP contribution is -2.02. The van der Waals surface area contributed by atoms with Gasteiger partial charge < -0.3 is 10.5 Å². The Morgan fingerprint density at radius 1 is 1.15 bits per heavy atom. The third-order valence-corrected chi connectivity index (χ3v) is 3.27. The lowest BCUT2D eigenvalue weighted by atomic mass is 10.4. The van der Waals surface area contributed by atoms with E-state index in [1.54, 1.807) is 6.07 Å². The zero-order valence-corrected chi connectivity index (χ0v) is 12.7. The SMILES string of the molecule is CCCOc1nc(Sc2nc(C)cc(C)n2)ccc1N. The fraction of sp³-hybridized carbons (Fsp3) is 0.357. The van der Waals surface area contributed by atoms with Crippen molar-refractivity contribution < 1.29 is 4.74 Å². The first-order valence-corrected chi connectivity index (χ1v) is 7.29. The first-order valence-electron chi connectivity index (χ1n) is 6.48. The minimum Gasteiger partial charge on any atom is -0.476 e. The quantitative estimate of drug-likeness (QED) is 0.853. The molecular formula is C14H18N4OS. The zero-order valence-electron chi connectivity index (χ0n) is 11.9. The maximum Gasteiger partial charge on any atom is 0.238 e. The lowest BCUT2D eigenvalue weighted by molar-refractivity contribution is 0.305. The molecule has 0 spiro atoms. The van der Waals surface area contributed by atoms with Crippen molar-refractivity contribution in [2.24, 2.45) is 0 Å². The Labute approximate surface area is 123 Å². The van der Waals surface area contributed by atoms with E-state index in [1.165, 1.54) is 11.8 Å². The van der Waals surface area contributed by atoms with Crippen LogP contribution in [0.4, 0.5) is 5.69 Å². The molecule has 0 unspecified atom stereocenters. The number of ether oxygens (including phenoxy) is 1. The molecule has 0 saturated carbocycles. The van der Waals surface area contributed by atoms with Gasteiger partial charge in [-0.05, 0) is 50.2 Å². The van der Waals surface area contributed by atoms with Crippen LogP contribution in [-0.4, -0.2) is 21.6 Å². The molecule has 0 aliphatic heterocycles. The Kier molecular flexibility index (Phi) is 4.79. The van der Waals surface area contributed by atoms with E-state index < -0.39 is 0 Å². The number of anilines is 1. The number of hydrogen-bond donors (Lipinski definition) is 1. The number of aryl methyl sites for hydroxylation is 2. The van der Waals surface area contributed by atoms with Crippen LogP contribution in [0.25, 0.3) is 0 Å². The van der Waals surface area contributed by atoms with E-state index in [9.17, 15) is 0 Å². The van der Waals surface area contributed by atoms with Gasteiger partial charge in [0.05, 0.1) is 12.3 Å². The van der Waals surface area contributed by atoms with E-state index in [2.05, 4.69) is 15.0 Å². The van der Waals surface area contributed by atoms with Crippen LogP contribution in [0.1, 0.15) is 24.7 Å². The van der Waals surface area contributed by atoms with Gasteiger partial charge in [0.15, 0.2) is 5.16 Å². The van der Waals surface area contributed by atoms with Crippen LogP contribution in [0.3, 0.4) is 0 Å². The van der Waals surface area contributed by atoms with Crippen LogP contribution < -0.4 is 10.5 Å². The van der Waals surface area contributed by atoms with Crippen molar-refractivity contribution in [1.82, 2.24) is 15.0 Å². The average molecular weight is 290 g/mol. The summed E-state index contributed by atoms with van der Waals surface area (Å²) in [6.45, 7) is 6.54. The molecule has 106 valence electrons. The van der Waals surface area contributed by atoms with Gasteiger partial charge in [-0.2, -0.15) is 0 Å². The van der Waals surface area contributed by atoms with Crippen LogP contribution in [0.2, 0.25) is 0 Å². The summed E-state index contributed by atoms with van der Waals surface area (Å²) >= 11 is 1.40. The normalized spacial score (nSPS) is 10.6. The summed E-state index contributed by atoms with van der Waals surface area (Å²) < 4.78 is 5.52. The summed E-state index contributed by atoms with van der Waals surface area (Å²) in [5.74, 6) is 0.473. The topological polar surface area (TPSA) is 73.9 Å². The predicted molar refractivity (Wildman–Crippen MR) is 80.1 cm³/mol. The van der Waals surface area contributed by atoms with Gasteiger partial charge in [-0.15, -0.1) is 0 Å². The molecule has 6 heteroatoms. The molecule has 0 bridgehead atoms. The number of nitrogens with two attached hydrogens (primary N) is 1. The molecule has 0 radical (unpaired) electrons. The lowest BCUT2D eigenvalue weighted by Gasteiger charge is -2.08. The van der Waals surface area contributed by atoms with Crippen LogP contribution in [0.15, 0.2) is 28.4 Å². The summed E-state index contributed by atoms with van der Waals surface area (Å²) in [6.07, 6.45) is 0.915. The second-order valence-electron chi connectivity index (χ2n) is 4.43. The smallest absolute Gasteiger partial charge is 0.238 e. The van der Waals surface area contributed by atoms with Crippen molar-refractivity contribution in [1.29, 1.82) is 0 Å². The third kappa shape index (κ3) is 3.84. The van der Waals surface area contributed by atoms with E-state index in [4.69, 9.17) is 10.5 Å². The van der Waals surface area contributed by atoms with Crippen molar-refractivity contribution in [3.8, 4) is 5.88 Å². The standard InChI is InChI=1S/C14H18N4OS/c1-4-7-19-13-11(15)5-6-12(18-13)20-14-16-9(2)8-10(3)17-14/h5-6,8H,4,7,15H2,1-3H3. The summed E-state index contributed by atoms with van der Waals surface area (Å²) in [4.78, 5) is 13.2. The molecule has 0 saturated heterocycles. The fourth-order valence-electron chi connectivity index (χ4n) is 1.64.